The topological polar surface area (TPSA) is 93.7 Å². The number of para-hydroxylation sites is 2. The maximum Gasteiger partial charge on any atom is 0.309 e. The largest absolute Gasteiger partial charge is 0.493 e. The SMILES string of the molecule is Cc1ccccc1OCCC(=O)OCC(=O)Nc1ccccc1C(=O)NC1CCCC1. The molecule has 0 spiro atoms. The van der Waals surface area contributed by atoms with Crippen LogP contribution in [0.1, 0.15) is 48.0 Å². The summed E-state index contributed by atoms with van der Waals surface area (Å²) in [5.74, 6) is -0.543. The summed E-state index contributed by atoms with van der Waals surface area (Å²) < 4.78 is 10.6. The average Bonchev–Trinajstić information content (AvgIpc) is 3.27. The number of hydrogen-bond acceptors (Lipinski definition) is 5. The molecule has 2 aromatic rings. The molecular formula is C24H28N2O5. The Morgan fingerprint density at radius 2 is 1.71 bits per heavy atom. The number of carbonyl (C=O) groups is 3. The third-order valence-electron chi connectivity index (χ3n) is 5.16. The molecule has 164 valence electrons. The number of anilines is 1. The van der Waals surface area contributed by atoms with E-state index in [0.717, 1.165) is 31.2 Å². The van der Waals surface area contributed by atoms with Crippen molar-refractivity contribution in [2.45, 2.75) is 45.1 Å². The smallest absolute Gasteiger partial charge is 0.309 e. The highest BCUT2D eigenvalue weighted by atomic mass is 16.5. The van der Waals surface area contributed by atoms with E-state index in [1.54, 1.807) is 24.3 Å². The molecule has 2 N–H and O–H groups in total. The quantitative estimate of drug-likeness (QED) is 0.600. The summed E-state index contributed by atoms with van der Waals surface area (Å²) >= 11 is 0. The van der Waals surface area contributed by atoms with Crippen molar-refractivity contribution in [3.8, 4) is 5.75 Å². The van der Waals surface area contributed by atoms with E-state index in [-0.39, 0.29) is 25.0 Å². The number of amides is 2. The molecule has 0 unspecified atom stereocenters. The van der Waals surface area contributed by atoms with Crippen LogP contribution in [0.2, 0.25) is 0 Å². The van der Waals surface area contributed by atoms with Crippen molar-refractivity contribution < 1.29 is 23.9 Å². The van der Waals surface area contributed by atoms with Crippen molar-refractivity contribution in [2.75, 3.05) is 18.5 Å². The number of rotatable bonds is 9. The van der Waals surface area contributed by atoms with E-state index in [2.05, 4.69) is 10.6 Å². The van der Waals surface area contributed by atoms with Crippen LogP contribution in [0.25, 0.3) is 0 Å². The predicted molar refractivity (Wildman–Crippen MR) is 117 cm³/mol. The minimum atomic E-state index is -0.531. The van der Waals surface area contributed by atoms with Gasteiger partial charge in [-0.25, -0.2) is 0 Å². The lowest BCUT2D eigenvalue weighted by Crippen LogP contribution is -2.33. The summed E-state index contributed by atoms with van der Waals surface area (Å²) in [5, 5.41) is 5.66. The van der Waals surface area contributed by atoms with Gasteiger partial charge in [-0.3, -0.25) is 14.4 Å². The fraction of sp³-hybridized carbons (Fsp3) is 0.375. The second-order valence-electron chi connectivity index (χ2n) is 7.57. The molecule has 0 atom stereocenters. The first-order chi connectivity index (χ1) is 15.0. The van der Waals surface area contributed by atoms with Crippen molar-refractivity contribution in [1.29, 1.82) is 0 Å². The van der Waals surface area contributed by atoms with Gasteiger partial charge in [0.15, 0.2) is 6.61 Å². The van der Waals surface area contributed by atoms with Crippen molar-refractivity contribution in [2.24, 2.45) is 0 Å². The minimum absolute atomic E-state index is 0.0298. The van der Waals surface area contributed by atoms with Crippen molar-refractivity contribution in [1.82, 2.24) is 5.32 Å². The number of hydrogen-bond donors (Lipinski definition) is 2. The van der Waals surface area contributed by atoms with Crippen LogP contribution in [0.5, 0.6) is 5.75 Å². The maximum atomic E-state index is 12.6. The van der Waals surface area contributed by atoms with Gasteiger partial charge in [-0.1, -0.05) is 43.2 Å². The Kier molecular flexibility index (Phi) is 8.04. The molecule has 2 aromatic carbocycles. The summed E-state index contributed by atoms with van der Waals surface area (Å²) in [7, 11) is 0. The van der Waals surface area contributed by atoms with Gasteiger partial charge >= 0.3 is 5.97 Å². The molecule has 0 heterocycles. The van der Waals surface area contributed by atoms with Gasteiger partial charge in [0, 0.05) is 6.04 Å². The molecule has 1 aliphatic rings. The van der Waals surface area contributed by atoms with Crippen molar-refractivity contribution in [3.63, 3.8) is 0 Å². The van der Waals surface area contributed by atoms with E-state index in [4.69, 9.17) is 9.47 Å². The third kappa shape index (κ3) is 6.84. The summed E-state index contributed by atoms with van der Waals surface area (Å²) in [4.78, 5) is 36.7. The Hall–Kier alpha value is -3.35. The Morgan fingerprint density at radius 1 is 1.00 bits per heavy atom. The number of ether oxygens (including phenoxy) is 2. The van der Waals surface area contributed by atoms with Crippen LogP contribution in [0.4, 0.5) is 5.69 Å². The van der Waals surface area contributed by atoms with Crippen LogP contribution < -0.4 is 15.4 Å². The van der Waals surface area contributed by atoms with Crippen molar-refractivity contribution >= 4 is 23.5 Å². The molecule has 0 aliphatic heterocycles. The highest BCUT2D eigenvalue weighted by molar-refractivity contribution is 6.04. The first-order valence-electron chi connectivity index (χ1n) is 10.6. The molecule has 1 aliphatic carbocycles. The molecule has 31 heavy (non-hydrogen) atoms. The predicted octanol–water partition coefficient (Wildman–Crippen LogP) is 3.62. The molecule has 0 radical (unpaired) electrons. The summed E-state index contributed by atoms with van der Waals surface area (Å²) in [6, 6.07) is 14.5. The Bertz CT molecular complexity index is 922. The number of esters is 1. The summed E-state index contributed by atoms with van der Waals surface area (Å²) in [6.45, 7) is 1.65. The normalized spacial score (nSPS) is 13.5. The van der Waals surface area contributed by atoms with Crippen LogP contribution in [-0.2, 0) is 14.3 Å². The number of aryl methyl sites for hydroxylation is 1. The van der Waals surface area contributed by atoms with Gasteiger partial charge in [0.1, 0.15) is 5.75 Å². The number of benzene rings is 2. The number of nitrogens with one attached hydrogen (secondary N) is 2. The third-order valence-corrected chi connectivity index (χ3v) is 5.16. The first-order valence-corrected chi connectivity index (χ1v) is 10.6. The van der Waals surface area contributed by atoms with Crippen molar-refractivity contribution in [3.05, 3.63) is 59.7 Å². The minimum Gasteiger partial charge on any atom is -0.493 e. The highest BCUT2D eigenvalue weighted by Crippen LogP contribution is 2.20. The lowest BCUT2D eigenvalue weighted by Gasteiger charge is -2.15. The van der Waals surface area contributed by atoms with Gasteiger partial charge in [0.2, 0.25) is 0 Å². The monoisotopic (exact) mass is 424 g/mol. The lowest BCUT2D eigenvalue weighted by atomic mass is 10.1. The van der Waals surface area contributed by atoms with Crippen LogP contribution in [0.15, 0.2) is 48.5 Å². The van der Waals surface area contributed by atoms with Crippen LogP contribution in [0.3, 0.4) is 0 Å². The van der Waals surface area contributed by atoms with Gasteiger partial charge < -0.3 is 20.1 Å². The second-order valence-corrected chi connectivity index (χ2v) is 7.57. The van der Waals surface area contributed by atoms with Crippen LogP contribution >= 0.6 is 0 Å². The first kappa shape index (κ1) is 22.3. The molecule has 3 rings (SSSR count). The zero-order valence-electron chi connectivity index (χ0n) is 17.7. The molecule has 7 nitrogen and oxygen atoms in total. The molecular weight excluding hydrogens is 396 g/mol. The van der Waals surface area contributed by atoms with E-state index in [0.29, 0.717) is 17.0 Å². The second kappa shape index (κ2) is 11.2. The molecule has 1 saturated carbocycles. The molecule has 1 fully saturated rings. The van der Waals surface area contributed by atoms with Gasteiger partial charge in [0.05, 0.1) is 24.3 Å². The zero-order chi connectivity index (χ0) is 22.1. The Labute approximate surface area is 182 Å². The molecule has 0 saturated heterocycles. The van der Waals surface area contributed by atoms with E-state index in [9.17, 15) is 14.4 Å². The standard InChI is InChI=1S/C24H28N2O5/c1-17-8-2-7-13-21(17)30-15-14-23(28)31-16-22(27)26-20-12-6-5-11-19(20)24(29)25-18-9-3-4-10-18/h2,5-8,11-13,18H,3-4,9-10,14-16H2,1H3,(H,25,29)(H,26,27). The summed E-state index contributed by atoms with van der Waals surface area (Å²) in [6.07, 6.45) is 4.21. The van der Waals surface area contributed by atoms with Gasteiger partial charge in [-0.05, 0) is 43.5 Å². The fourth-order valence-electron chi connectivity index (χ4n) is 3.49. The molecule has 0 aromatic heterocycles. The van der Waals surface area contributed by atoms with Crippen LogP contribution in [-0.4, -0.2) is 37.0 Å². The Morgan fingerprint density at radius 3 is 2.48 bits per heavy atom. The molecule has 2 amide bonds. The van der Waals surface area contributed by atoms with Crippen LogP contribution in [0, 0.1) is 6.92 Å². The van der Waals surface area contributed by atoms with Gasteiger partial charge in [-0.15, -0.1) is 0 Å². The van der Waals surface area contributed by atoms with Gasteiger partial charge in [0.25, 0.3) is 11.8 Å². The highest BCUT2D eigenvalue weighted by Gasteiger charge is 2.20. The maximum absolute atomic E-state index is 12.6. The lowest BCUT2D eigenvalue weighted by molar-refractivity contribution is -0.147. The molecule has 7 heteroatoms. The van der Waals surface area contributed by atoms with E-state index < -0.39 is 18.5 Å². The van der Waals surface area contributed by atoms with E-state index in [1.807, 2.05) is 31.2 Å². The molecule has 0 bridgehead atoms. The van der Waals surface area contributed by atoms with E-state index in [1.165, 1.54) is 0 Å². The van der Waals surface area contributed by atoms with E-state index >= 15 is 0 Å². The average molecular weight is 424 g/mol. The fourth-order valence-corrected chi connectivity index (χ4v) is 3.49. The zero-order valence-corrected chi connectivity index (χ0v) is 17.7. The van der Waals surface area contributed by atoms with Gasteiger partial charge in [-0.2, -0.15) is 0 Å². The number of carbonyl (C=O) groups excluding carboxylic acids is 3. The Balaban J connectivity index is 1.43. The summed E-state index contributed by atoms with van der Waals surface area (Å²) in [5.41, 5.74) is 1.76.